The minimum absolute atomic E-state index is 0.0591. The van der Waals surface area contributed by atoms with Crippen molar-refractivity contribution >= 4 is 40.4 Å². The van der Waals surface area contributed by atoms with Gasteiger partial charge in [0.25, 0.3) is 0 Å². The summed E-state index contributed by atoms with van der Waals surface area (Å²) >= 11 is 1.47. The molecule has 8 N–H and O–H groups in total. The highest BCUT2D eigenvalue weighted by Crippen LogP contribution is 2.33. The van der Waals surface area contributed by atoms with Crippen LogP contribution in [0.2, 0.25) is 0 Å². The van der Waals surface area contributed by atoms with E-state index < -0.39 is 23.9 Å². The standard InChI is InChI=1S/C37H46FN7O3S/c1-45-32(20-25-22-41-29-11-4-3-10-28(25)29)36(47)43-23-26-19-27(38)15-16-34(26)49-33-14-5-2-9-24(33)21-42-30(13-8-18-40)35(46)44-31(37(45)48)12-6-7-17-39/h2-5,9-11,14-16,19,22,30-32,41-42H,6-8,12-13,17-18,20-21,23,39-40H2,1H3,(H,43,47)(H,44,46). The van der Waals surface area contributed by atoms with Crippen molar-refractivity contribution in [1.82, 2.24) is 25.8 Å². The number of nitrogens with zero attached hydrogens (tertiary/aromatic N) is 1. The summed E-state index contributed by atoms with van der Waals surface area (Å²) in [6, 6.07) is 17.7. The Morgan fingerprint density at radius 3 is 2.39 bits per heavy atom. The van der Waals surface area contributed by atoms with Gasteiger partial charge in [0.05, 0.1) is 6.04 Å². The number of para-hydroxylation sites is 1. The maximum atomic E-state index is 14.6. The quantitative estimate of drug-likeness (QED) is 0.145. The number of H-pyrrole nitrogens is 1. The highest BCUT2D eigenvalue weighted by Gasteiger charge is 2.34. The zero-order chi connectivity index (χ0) is 34.8. The summed E-state index contributed by atoms with van der Waals surface area (Å²) in [5, 5.41) is 10.4. The molecule has 0 saturated heterocycles. The number of nitrogens with one attached hydrogen (secondary N) is 4. The van der Waals surface area contributed by atoms with Crippen molar-refractivity contribution in [3.63, 3.8) is 0 Å². The third-order valence-electron chi connectivity index (χ3n) is 8.99. The first-order chi connectivity index (χ1) is 23.8. The summed E-state index contributed by atoms with van der Waals surface area (Å²) in [4.78, 5) is 48.7. The van der Waals surface area contributed by atoms with Crippen LogP contribution in [0.4, 0.5) is 4.39 Å². The number of hydrogen-bond acceptors (Lipinski definition) is 7. The maximum absolute atomic E-state index is 14.6. The Morgan fingerprint density at radius 2 is 1.57 bits per heavy atom. The first kappa shape index (κ1) is 36.1. The van der Waals surface area contributed by atoms with Crippen molar-refractivity contribution in [3.8, 4) is 0 Å². The lowest BCUT2D eigenvalue weighted by atomic mass is 10.0. The number of hydrogen-bond donors (Lipinski definition) is 6. The Morgan fingerprint density at radius 1 is 0.837 bits per heavy atom. The van der Waals surface area contributed by atoms with E-state index in [2.05, 4.69) is 20.9 Å². The normalized spacial score (nSPS) is 19.6. The number of halogens is 1. The van der Waals surface area contributed by atoms with Gasteiger partial charge in [-0.2, -0.15) is 0 Å². The van der Waals surface area contributed by atoms with Gasteiger partial charge in [0.1, 0.15) is 17.9 Å². The predicted molar refractivity (Wildman–Crippen MR) is 191 cm³/mol. The minimum atomic E-state index is -0.923. The number of aromatic nitrogens is 1. The van der Waals surface area contributed by atoms with Gasteiger partial charge < -0.3 is 37.3 Å². The third-order valence-corrected chi connectivity index (χ3v) is 10.2. The summed E-state index contributed by atoms with van der Waals surface area (Å²) in [7, 11) is 1.60. The second-order valence-electron chi connectivity index (χ2n) is 12.4. The topological polar surface area (TPSA) is 158 Å². The molecule has 1 aliphatic heterocycles. The molecule has 4 aromatic rings. The fraction of sp³-hybridized carbons (Fsp3) is 0.378. The first-order valence-electron chi connectivity index (χ1n) is 16.9. The Kier molecular flexibility index (Phi) is 12.8. The number of unbranched alkanes of at least 4 members (excludes halogenated alkanes) is 1. The second kappa shape index (κ2) is 17.4. The molecule has 0 fully saturated rings. The van der Waals surface area contributed by atoms with Gasteiger partial charge in [0.15, 0.2) is 0 Å². The molecule has 1 aromatic heterocycles. The van der Waals surface area contributed by atoms with Crippen LogP contribution in [0.1, 0.15) is 48.8 Å². The van der Waals surface area contributed by atoms with Gasteiger partial charge in [0, 0.05) is 53.4 Å². The first-order valence-corrected chi connectivity index (χ1v) is 17.7. The average Bonchev–Trinajstić information content (AvgIpc) is 3.52. The van der Waals surface area contributed by atoms with Gasteiger partial charge in [-0.3, -0.25) is 14.4 Å². The van der Waals surface area contributed by atoms with E-state index in [1.54, 1.807) is 13.1 Å². The lowest BCUT2D eigenvalue weighted by Gasteiger charge is -2.32. The smallest absolute Gasteiger partial charge is 0.245 e. The number of likely N-dealkylation sites (N-methyl/N-ethyl adjacent to an activating group) is 1. The third kappa shape index (κ3) is 9.27. The van der Waals surface area contributed by atoms with E-state index in [9.17, 15) is 18.8 Å². The van der Waals surface area contributed by atoms with E-state index in [-0.39, 0.29) is 30.7 Å². The number of aromatic amines is 1. The SMILES string of the molecule is CN1C(=O)C(CCCCN)NC(=O)C(CCCN)NCc2ccccc2Sc2ccc(F)cc2CNC(=O)C1Cc1c[nH]c2ccccc12. The van der Waals surface area contributed by atoms with Crippen LogP contribution >= 0.6 is 11.8 Å². The van der Waals surface area contributed by atoms with Crippen molar-refractivity contribution in [2.24, 2.45) is 11.5 Å². The number of carbonyl (C=O) groups excluding carboxylic acids is 3. The van der Waals surface area contributed by atoms with Crippen molar-refractivity contribution in [2.45, 2.75) is 79.5 Å². The minimum Gasteiger partial charge on any atom is -0.361 e. The number of fused-ring (bicyclic) bond motifs is 3. The highest BCUT2D eigenvalue weighted by molar-refractivity contribution is 7.99. The Labute approximate surface area is 290 Å². The number of benzene rings is 3. The Balaban J connectivity index is 1.55. The number of rotatable bonds is 9. The highest BCUT2D eigenvalue weighted by atomic mass is 32.2. The Bertz CT molecular complexity index is 1750. The zero-order valence-electron chi connectivity index (χ0n) is 27.8. The molecule has 0 radical (unpaired) electrons. The van der Waals surface area contributed by atoms with Crippen LogP contribution < -0.4 is 27.4 Å². The van der Waals surface area contributed by atoms with Crippen molar-refractivity contribution in [3.05, 3.63) is 95.4 Å². The van der Waals surface area contributed by atoms with E-state index in [0.717, 1.165) is 31.8 Å². The average molecular weight is 688 g/mol. The van der Waals surface area contributed by atoms with Gasteiger partial charge in [0.2, 0.25) is 17.7 Å². The fourth-order valence-electron chi connectivity index (χ4n) is 6.17. The molecule has 260 valence electrons. The van der Waals surface area contributed by atoms with Crippen LogP contribution in [0.3, 0.4) is 0 Å². The van der Waals surface area contributed by atoms with Gasteiger partial charge >= 0.3 is 0 Å². The van der Waals surface area contributed by atoms with Crippen molar-refractivity contribution in [2.75, 3.05) is 20.1 Å². The van der Waals surface area contributed by atoms with Crippen LogP contribution in [0.5, 0.6) is 0 Å². The molecule has 0 saturated carbocycles. The van der Waals surface area contributed by atoms with Gasteiger partial charge in [-0.05, 0) is 92.2 Å². The van der Waals surface area contributed by atoms with Crippen LogP contribution in [-0.2, 0) is 33.9 Å². The number of nitrogens with two attached hydrogens (primary N) is 2. The molecular weight excluding hydrogens is 642 g/mol. The lowest BCUT2D eigenvalue weighted by Crippen LogP contribution is -2.57. The molecule has 3 atom stereocenters. The molecule has 49 heavy (non-hydrogen) atoms. The molecular formula is C37H46FN7O3S. The maximum Gasteiger partial charge on any atom is 0.245 e. The monoisotopic (exact) mass is 687 g/mol. The van der Waals surface area contributed by atoms with Crippen molar-refractivity contribution < 1.29 is 18.8 Å². The summed E-state index contributed by atoms with van der Waals surface area (Å²) in [6.07, 6.45) is 4.83. The molecule has 5 rings (SSSR count). The lowest BCUT2D eigenvalue weighted by molar-refractivity contribution is -0.142. The molecule has 0 bridgehead atoms. The number of carbonyl (C=O) groups is 3. The Hall–Kier alpha value is -4.23. The summed E-state index contributed by atoms with van der Waals surface area (Å²) < 4.78 is 14.6. The van der Waals surface area contributed by atoms with Crippen LogP contribution in [-0.4, -0.2) is 65.9 Å². The predicted octanol–water partition coefficient (Wildman–Crippen LogP) is 3.97. The van der Waals surface area contributed by atoms with E-state index in [0.29, 0.717) is 57.3 Å². The van der Waals surface area contributed by atoms with Crippen LogP contribution in [0, 0.1) is 5.82 Å². The molecule has 2 heterocycles. The van der Waals surface area contributed by atoms with Gasteiger partial charge in [-0.1, -0.05) is 48.2 Å². The van der Waals surface area contributed by atoms with Gasteiger partial charge in [-0.15, -0.1) is 0 Å². The molecule has 3 amide bonds. The molecule has 12 heteroatoms. The zero-order valence-corrected chi connectivity index (χ0v) is 28.7. The van der Waals surface area contributed by atoms with E-state index in [1.165, 1.54) is 28.8 Å². The van der Waals surface area contributed by atoms with E-state index in [1.807, 2.05) is 54.7 Å². The molecule has 0 aliphatic carbocycles. The summed E-state index contributed by atoms with van der Waals surface area (Å²) in [5.74, 6) is -1.48. The molecule has 3 unspecified atom stereocenters. The van der Waals surface area contributed by atoms with Crippen molar-refractivity contribution in [1.29, 1.82) is 0 Å². The molecule has 3 aromatic carbocycles. The second-order valence-corrected chi connectivity index (χ2v) is 13.5. The summed E-state index contributed by atoms with van der Waals surface area (Å²) in [5.41, 5.74) is 15.0. The molecule has 10 nitrogen and oxygen atoms in total. The molecule has 0 spiro atoms. The summed E-state index contributed by atoms with van der Waals surface area (Å²) in [6.45, 7) is 1.31. The number of amides is 3. The van der Waals surface area contributed by atoms with Gasteiger partial charge in [-0.25, -0.2) is 4.39 Å². The fourth-order valence-corrected chi connectivity index (χ4v) is 7.22. The van der Waals surface area contributed by atoms with Crippen LogP contribution in [0.25, 0.3) is 10.9 Å². The van der Waals surface area contributed by atoms with E-state index >= 15 is 0 Å². The van der Waals surface area contributed by atoms with E-state index in [4.69, 9.17) is 11.5 Å². The molecule has 1 aliphatic rings. The largest absolute Gasteiger partial charge is 0.361 e. The van der Waals surface area contributed by atoms with Crippen LogP contribution in [0.15, 0.2) is 82.7 Å².